The second-order valence-corrected chi connectivity index (χ2v) is 6.67. The van der Waals surface area contributed by atoms with E-state index in [4.69, 9.17) is 0 Å². The number of anilines is 1. The highest BCUT2D eigenvalue weighted by Gasteiger charge is 2.41. The maximum absolute atomic E-state index is 12.8. The van der Waals surface area contributed by atoms with Crippen LogP contribution in [-0.2, 0) is 4.79 Å². The monoisotopic (exact) mass is 295 g/mol. The molecule has 112 valence electrons. The number of carbonyl (C=O) groups is 1. The summed E-state index contributed by atoms with van der Waals surface area (Å²) < 4.78 is 1.78. The molecule has 1 aliphatic carbocycles. The fraction of sp³-hybridized carbons (Fsp3) is 0.375. The number of rotatable bonds is 1. The molecule has 0 saturated carbocycles. The first-order chi connectivity index (χ1) is 10.6. The summed E-state index contributed by atoms with van der Waals surface area (Å²) in [6.07, 6.45) is 6.39. The molecule has 6 nitrogen and oxygen atoms in total. The zero-order valence-electron chi connectivity index (χ0n) is 12.6. The zero-order valence-corrected chi connectivity index (χ0v) is 12.6. The van der Waals surface area contributed by atoms with Crippen LogP contribution in [0.4, 0.5) is 5.95 Å². The quantitative estimate of drug-likeness (QED) is 0.874. The van der Waals surface area contributed by atoms with Crippen LogP contribution in [0.1, 0.15) is 38.3 Å². The molecule has 0 saturated heterocycles. The predicted molar refractivity (Wildman–Crippen MR) is 81.1 cm³/mol. The molecule has 0 radical (unpaired) electrons. The van der Waals surface area contributed by atoms with E-state index in [1.807, 2.05) is 12.1 Å². The van der Waals surface area contributed by atoms with Crippen molar-refractivity contribution < 1.29 is 4.79 Å². The van der Waals surface area contributed by atoms with Crippen molar-refractivity contribution in [2.75, 3.05) is 5.32 Å². The van der Waals surface area contributed by atoms with E-state index in [2.05, 4.69) is 34.2 Å². The van der Waals surface area contributed by atoms with E-state index in [0.29, 0.717) is 12.4 Å². The lowest BCUT2D eigenvalue weighted by Crippen LogP contribution is -2.36. The number of allylic oxidation sites excluding steroid dienone is 2. The van der Waals surface area contributed by atoms with Gasteiger partial charge in [0.15, 0.2) is 5.78 Å². The molecule has 0 bridgehead atoms. The van der Waals surface area contributed by atoms with Gasteiger partial charge < -0.3 is 5.32 Å². The van der Waals surface area contributed by atoms with Crippen LogP contribution in [0.2, 0.25) is 0 Å². The fourth-order valence-corrected chi connectivity index (χ4v) is 3.40. The van der Waals surface area contributed by atoms with Gasteiger partial charge >= 0.3 is 0 Å². The Bertz CT molecular complexity index is 775. The van der Waals surface area contributed by atoms with E-state index in [9.17, 15) is 4.79 Å². The number of pyridine rings is 1. The molecule has 1 aliphatic heterocycles. The molecule has 0 unspecified atom stereocenters. The largest absolute Gasteiger partial charge is 0.328 e. The molecule has 0 fully saturated rings. The highest BCUT2D eigenvalue weighted by atomic mass is 16.1. The first-order valence-corrected chi connectivity index (χ1v) is 7.38. The van der Waals surface area contributed by atoms with Gasteiger partial charge in [-0.25, -0.2) is 4.68 Å². The predicted octanol–water partition coefficient (Wildman–Crippen LogP) is 2.33. The lowest BCUT2D eigenvalue weighted by Gasteiger charge is -2.38. The standard InChI is InChI=1S/C16H17N5O/c1-16(2)7-11-13(12(22)8-16)14(10-3-5-17-6-4-10)21-15(20-11)18-9-19-21/h3-6,9,14H,7-8H2,1-2H3,(H,18,19,20)/t14-/m1/s1. The van der Waals surface area contributed by atoms with Crippen LogP contribution in [0.5, 0.6) is 0 Å². The van der Waals surface area contributed by atoms with Gasteiger partial charge in [-0.2, -0.15) is 10.1 Å². The topological polar surface area (TPSA) is 72.7 Å². The number of hydrogen-bond donors (Lipinski definition) is 1. The molecule has 0 aromatic carbocycles. The number of hydrogen-bond acceptors (Lipinski definition) is 5. The summed E-state index contributed by atoms with van der Waals surface area (Å²) in [5.74, 6) is 0.868. The minimum absolute atomic E-state index is 0.0338. The van der Waals surface area contributed by atoms with Gasteiger partial charge in [0, 0.05) is 30.1 Å². The van der Waals surface area contributed by atoms with Crippen molar-refractivity contribution in [3.05, 3.63) is 47.7 Å². The second-order valence-electron chi connectivity index (χ2n) is 6.67. The number of nitrogens with zero attached hydrogens (tertiary/aromatic N) is 4. The number of nitrogens with one attached hydrogen (secondary N) is 1. The first kappa shape index (κ1) is 13.2. The van der Waals surface area contributed by atoms with Crippen LogP contribution in [0.25, 0.3) is 0 Å². The molecule has 2 aromatic rings. The normalized spacial score (nSPS) is 22.8. The molecule has 0 spiro atoms. The third kappa shape index (κ3) is 1.94. The SMILES string of the molecule is CC1(C)CC(=O)C2=C(C1)Nc1ncnn1[C@@H]2c1ccncc1. The fourth-order valence-electron chi connectivity index (χ4n) is 3.40. The van der Waals surface area contributed by atoms with Crippen LogP contribution in [0.15, 0.2) is 42.1 Å². The molecular formula is C16H17N5O. The summed E-state index contributed by atoms with van der Waals surface area (Å²) in [5, 5.41) is 7.61. The Labute approximate surface area is 128 Å². The van der Waals surface area contributed by atoms with Gasteiger partial charge in [0.05, 0.1) is 0 Å². The molecule has 3 heterocycles. The molecule has 4 rings (SSSR count). The van der Waals surface area contributed by atoms with Crippen LogP contribution < -0.4 is 5.32 Å². The molecule has 2 aliphatic rings. The van der Waals surface area contributed by atoms with Crippen molar-refractivity contribution in [2.45, 2.75) is 32.7 Å². The third-order valence-electron chi connectivity index (χ3n) is 4.30. The van der Waals surface area contributed by atoms with Gasteiger partial charge in [0.1, 0.15) is 12.4 Å². The van der Waals surface area contributed by atoms with Gasteiger partial charge in [0.25, 0.3) is 0 Å². The molecular weight excluding hydrogens is 278 g/mol. The Morgan fingerprint density at radius 1 is 1.27 bits per heavy atom. The molecule has 2 aromatic heterocycles. The summed E-state index contributed by atoms with van der Waals surface area (Å²) in [7, 11) is 0. The third-order valence-corrected chi connectivity index (χ3v) is 4.30. The van der Waals surface area contributed by atoms with Crippen LogP contribution in [0.3, 0.4) is 0 Å². The summed E-state index contributed by atoms with van der Waals surface area (Å²) in [6, 6.07) is 3.64. The lowest BCUT2D eigenvalue weighted by atomic mass is 9.73. The molecule has 1 atom stereocenters. The molecule has 6 heteroatoms. The maximum atomic E-state index is 12.8. The zero-order chi connectivity index (χ0) is 15.3. The van der Waals surface area contributed by atoms with Crippen molar-refractivity contribution in [3.8, 4) is 0 Å². The molecule has 0 amide bonds. The Morgan fingerprint density at radius 3 is 2.82 bits per heavy atom. The smallest absolute Gasteiger partial charge is 0.226 e. The van der Waals surface area contributed by atoms with E-state index in [1.165, 1.54) is 6.33 Å². The first-order valence-electron chi connectivity index (χ1n) is 7.38. The van der Waals surface area contributed by atoms with E-state index in [1.54, 1.807) is 17.1 Å². The van der Waals surface area contributed by atoms with Gasteiger partial charge in [-0.1, -0.05) is 13.8 Å². The van der Waals surface area contributed by atoms with Crippen molar-refractivity contribution in [1.29, 1.82) is 0 Å². The number of Topliss-reactive ketones (excluding diaryl/α,β-unsaturated/α-hetero) is 1. The lowest BCUT2D eigenvalue weighted by molar-refractivity contribution is -0.118. The van der Waals surface area contributed by atoms with Crippen LogP contribution in [-0.4, -0.2) is 25.5 Å². The van der Waals surface area contributed by atoms with Gasteiger partial charge in [-0.3, -0.25) is 9.78 Å². The minimum Gasteiger partial charge on any atom is -0.328 e. The van der Waals surface area contributed by atoms with Gasteiger partial charge in [0.2, 0.25) is 5.95 Å². The highest BCUT2D eigenvalue weighted by Crippen LogP contribution is 2.44. The average Bonchev–Trinajstić information content (AvgIpc) is 2.92. The van der Waals surface area contributed by atoms with E-state index in [0.717, 1.165) is 23.3 Å². The van der Waals surface area contributed by atoms with Gasteiger partial charge in [-0.15, -0.1) is 0 Å². The Hall–Kier alpha value is -2.50. The van der Waals surface area contributed by atoms with Crippen LogP contribution >= 0.6 is 0 Å². The number of aromatic nitrogens is 4. The van der Waals surface area contributed by atoms with Crippen molar-refractivity contribution in [1.82, 2.24) is 19.7 Å². The summed E-state index contributed by atoms with van der Waals surface area (Å²) in [6.45, 7) is 4.24. The Morgan fingerprint density at radius 2 is 2.05 bits per heavy atom. The number of ketones is 1. The van der Waals surface area contributed by atoms with Gasteiger partial charge in [-0.05, 0) is 29.5 Å². The summed E-state index contributed by atoms with van der Waals surface area (Å²) in [5.41, 5.74) is 2.75. The Balaban J connectivity index is 1.91. The highest BCUT2D eigenvalue weighted by molar-refractivity contribution is 6.00. The van der Waals surface area contributed by atoms with Crippen molar-refractivity contribution in [3.63, 3.8) is 0 Å². The molecule has 22 heavy (non-hydrogen) atoms. The van der Waals surface area contributed by atoms with Crippen molar-refractivity contribution >= 4 is 11.7 Å². The number of carbonyl (C=O) groups excluding carboxylic acids is 1. The summed E-state index contributed by atoms with van der Waals surface area (Å²) >= 11 is 0. The Kier molecular flexibility index (Phi) is 2.69. The van der Waals surface area contributed by atoms with Crippen molar-refractivity contribution in [2.24, 2.45) is 5.41 Å². The van der Waals surface area contributed by atoms with E-state index in [-0.39, 0.29) is 17.2 Å². The second kappa shape index (κ2) is 4.50. The molecule has 1 N–H and O–H groups in total. The minimum atomic E-state index is -0.222. The maximum Gasteiger partial charge on any atom is 0.226 e. The summed E-state index contributed by atoms with van der Waals surface area (Å²) in [4.78, 5) is 21.1. The number of fused-ring (bicyclic) bond motifs is 1. The average molecular weight is 295 g/mol. The van der Waals surface area contributed by atoms with E-state index >= 15 is 0 Å². The van der Waals surface area contributed by atoms with Crippen LogP contribution in [0, 0.1) is 5.41 Å². The van der Waals surface area contributed by atoms with E-state index < -0.39 is 0 Å².